The summed E-state index contributed by atoms with van der Waals surface area (Å²) in [4.78, 5) is 16.5. The van der Waals surface area contributed by atoms with Gasteiger partial charge in [-0.3, -0.25) is 15.0 Å². The largest absolute Gasteiger partial charge is 0.377 e. The Morgan fingerprint density at radius 1 is 0.336 bits per heavy atom. The summed E-state index contributed by atoms with van der Waals surface area (Å²) in [6, 6.07) is 53.5. The first-order valence-corrected chi connectivity index (χ1v) is 44.8. The minimum Gasteiger partial charge on any atom is -0.377 e. The van der Waals surface area contributed by atoms with Crippen LogP contribution in [0, 0.1) is 81.1 Å². The Kier molecular flexibility index (Phi) is 27.5. The summed E-state index contributed by atoms with van der Waals surface area (Å²) in [5.41, 5.74) is 33.0. The van der Waals surface area contributed by atoms with Gasteiger partial charge in [0.1, 0.15) is 0 Å². The first-order valence-electron chi connectivity index (χ1n) is 44.8. The van der Waals surface area contributed by atoms with Crippen LogP contribution in [0.15, 0.2) is 146 Å². The van der Waals surface area contributed by atoms with Gasteiger partial charge in [0, 0.05) is 71.3 Å². The molecule has 3 aliphatic carbocycles. The summed E-state index contributed by atoms with van der Waals surface area (Å²) in [5, 5.41) is 12.1. The van der Waals surface area contributed by atoms with Crippen molar-refractivity contribution in [3.63, 3.8) is 0 Å². The smallest absolute Gasteiger partial charge is 0.248 e. The number of pyridine rings is 3. The lowest BCUT2D eigenvalue weighted by atomic mass is 9.75. The van der Waals surface area contributed by atoms with Gasteiger partial charge < -0.3 is 4.90 Å². The number of nitrogens with zero attached hydrogens (tertiary/aromatic N) is 4. The molecule has 12 aromatic rings. The Morgan fingerprint density at radius 3 is 1.08 bits per heavy atom. The second-order valence-corrected chi connectivity index (χ2v) is 43.8. The number of anilines is 1. The molecule has 3 aromatic heterocycles. The molecule has 3 fully saturated rings. The van der Waals surface area contributed by atoms with Gasteiger partial charge in [-0.25, -0.2) is 8.78 Å². The van der Waals surface area contributed by atoms with Crippen LogP contribution < -0.4 is 4.90 Å². The number of aromatic nitrogens is 3. The molecule has 0 saturated heterocycles. The third kappa shape index (κ3) is 20.9. The zero-order chi connectivity index (χ0) is 88.3. The van der Waals surface area contributed by atoms with Gasteiger partial charge in [-0.2, -0.15) is 0 Å². The lowest BCUT2D eigenvalue weighted by Gasteiger charge is -2.31. The van der Waals surface area contributed by atoms with Crippen molar-refractivity contribution in [2.75, 3.05) is 19.0 Å². The number of aryl methyl sites for hydroxylation is 10. The molecule has 3 atom stereocenters. The van der Waals surface area contributed by atoms with Crippen LogP contribution in [-0.4, -0.2) is 35.0 Å². The van der Waals surface area contributed by atoms with E-state index in [4.69, 9.17) is 9.97 Å². The normalized spacial score (nSPS) is 16.5. The average Bonchev–Trinajstić information content (AvgIpc) is 1.62. The zero-order valence-corrected chi connectivity index (χ0v) is 80.4. The van der Waals surface area contributed by atoms with Crippen LogP contribution in [0.3, 0.4) is 0 Å². The van der Waals surface area contributed by atoms with E-state index in [1.54, 1.807) is 11.1 Å². The number of alkyl halides is 2. The highest BCUT2D eigenvalue weighted by molar-refractivity contribution is 5.98. The van der Waals surface area contributed by atoms with Crippen LogP contribution in [0.1, 0.15) is 340 Å². The Morgan fingerprint density at radius 2 is 0.672 bits per heavy atom. The zero-order valence-electron chi connectivity index (χ0n) is 80.4. The van der Waals surface area contributed by atoms with E-state index < -0.39 is 5.92 Å². The van der Waals surface area contributed by atoms with Crippen LogP contribution in [0.2, 0.25) is 0 Å². The first kappa shape index (κ1) is 92.9. The molecule has 0 N–H and O–H groups in total. The highest BCUT2D eigenvalue weighted by atomic mass is 19.3. The number of rotatable bonds is 4. The maximum atomic E-state index is 13.5. The minimum absolute atomic E-state index is 0.0186. The summed E-state index contributed by atoms with van der Waals surface area (Å²) in [6.45, 7) is 74.1. The lowest BCUT2D eigenvalue weighted by molar-refractivity contribution is -0.0381. The molecule has 6 heteroatoms. The average molecular weight is 1600 g/mol. The van der Waals surface area contributed by atoms with Gasteiger partial charge in [0.15, 0.2) is 0 Å². The van der Waals surface area contributed by atoms with Crippen molar-refractivity contribution < 1.29 is 8.78 Å². The number of halogens is 2. The third-order valence-electron chi connectivity index (χ3n) is 26.4. The van der Waals surface area contributed by atoms with E-state index >= 15 is 0 Å². The standard InChI is InChI=1S/C22H28.C21H26F2.C19H27N.C18H25N.C17H23N.C16H21N/c1-14-17-7-5-6-8-18(17)20(13-21(14)22(2,3)4)19-12-15-9-10-16(19)11-15;1-14-16-7-5-6-8-17(16)18(13-19(14)20(2,3)4)15-9-11-21(22,23)12-10-15;1-12-9-10-14-13(2)15(18(3,4)5)11-16(17(14)20-12)19(6,7)8;1-11(2)15-10-16(18(5,6)7)13(4)14-9-8-12(3)19-17(14)15;1-12-13-9-7-8-10-14(13)16(18(5)6)11-15(12)17(2,3)4;1-10-9-14(16(4,5)6)12(3)13-8-7-11(2)17-15(10)13/h5-8,13,15-16,19H,9-12H2,1-4H3;5-8,13,15H,9-12H2,1-4H3;9-11H,1-8H3;8-11H,1-7H3;7-11H,1-6H3;7-9H,1-6H3. The fourth-order valence-corrected chi connectivity index (χ4v) is 20.1. The van der Waals surface area contributed by atoms with Gasteiger partial charge in [0.05, 0.1) is 16.6 Å². The topological polar surface area (TPSA) is 41.9 Å². The molecule has 3 saturated carbocycles. The summed E-state index contributed by atoms with van der Waals surface area (Å²) in [6.07, 6.45) is 7.07. The molecule has 9 aromatic carbocycles. The second kappa shape index (κ2) is 35.2. The summed E-state index contributed by atoms with van der Waals surface area (Å²) in [7, 11) is 4.23. The predicted octanol–water partition coefficient (Wildman–Crippen LogP) is 32.8. The van der Waals surface area contributed by atoms with Crippen molar-refractivity contribution in [3.8, 4) is 0 Å². The molecule has 15 rings (SSSR count). The molecule has 0 radical (unpaired) electrons. The van der Waals surface area contributed by atoms with Crippen LogP contribution in [0.4, 0.5) is 14.5 Å². The monoisotopic (exact) mass is 1600 g/mol. The van der Waals surface area contributed by atoms with Gasteiger partial charge in [-0.05, 0) is 315 Å². The van der Waals surface area contributed by atoms with Crippen LogP contribution in [0.5, 0.6) is 0 Å². The molecule has 119 heavy (non-hydrogen) atoms. The minimum atomic E-state index is -2.47. The molecule has 0 aliphatic heterocycles. The van der Waals surface area contributed by atoms with Crippen LogP contribution in [-0.2, 0) is 37.9 Å². The van der Waals surface area contributed by atoms with E-state index in [1.807, 2.05) is 6.92 Å². The van der Waals surface area contributed by atoms with Crippen LogP contribution >= 0.6 is 0 Å². The van der Waals surface area contributed by atoms with Crippen molar-refractivity contribution >= 4 is 70.7 Å². The highest BCUT2D eigenvalue weighted by Crippen LogP contribution is 2.55. The quantitative estimate of drug-likeness (QED) is 0.176. The molecule has 4 nitrogen and oxygen atoms in total. The molecular weight excluding hydrogens is 1450 g/mol. The number of benzene rings is 9. The van der Waals surface area contributed by atoms with E-state index in [9.17, 15) is 8.78 Å². The van der Waals surface area contributed by atoms with Gasteiger partial charge in [0.25, 0.3) is 0 Å². The number of hydrogen-bond donors (Lipinski definition) is 0. The van der Waals surface area contributed by atoms with E-state index in [1.165, 1.54) is 174 Å². The molecule has 3 aliphatic rings. The van der Waals surface area contributed by atoms with Crippen molar-refractivity contribution in [1.82, 2.24) is 15.0 Å². The SMILES string of the molecule is Cc1c(C(C)(C)C)cc(C2CC3CCC2C3)c2ccccc12.Cc1c(C(C)(C)C)cc(C2CCC(F)(F)CC2)c2ccccc12.Cc1c(C(C)(C)C)cc(N(C)C)c2ccccc12.Cc1ccc2c(C)c(C(C)(C)C)cc(C(C)(C)C)c2n1.Cc1ccc2c(C)c(C(C)(C)C)cc(C(C)C)c2n1.Cc1ccc2c(C)c(C(C)(C)C)cc(C)c2n1. The number of fused-ring (bicyclic) bond motifs is 8. The molecule has 0 spiro atoms. The predicted molar refractivity (Wildman–Crippen MR) is 518 cm³/mol. The van der Waals surface area contributed by atoms with Crippen molar-refractivity contribution in [2.24, 2.45) is 11.8 Å². The van der Waals surface area contributed by atoms with Crippen LogP contribution in [0.25, 0.3) is 65.0 Å². The summed E-state index contributed by atoms with van der Waals surface area (Å²) in [5.74, 6) is 1.05. The van der Waals surface area contributed by atoms with Crippen molar-refractivity contribution in [3.05, 3.63) is 257 Å². The van der Waals surface area contributed by atoms with Crippen molar-refractivity contribution in [2.45, 2.75) is 341 Å². The fraction of sp³-hybridized carbons (Fsp3) is 0.496. The first-order chi connectivity index (χ1) is 55.0. The molecule has 3 unspecified atom stereocenters. The fourth-order valence-electron chi connectivity index (χ4n) is 20.1. The molecule has 636 valence electrons. The van der Waals surface area contributed by atoms with Gasteiger partial charge in [0.2, 0.25) is 5.92 Å². The molecule has 3 heterocycles. The highest BCUT2D eigenvalue weighted by Gasteiger charge is 2.42. The second-order valence-electron chi connectivity index (χ2n) is 43.8. The molecule has 2 bridgehead atoms. The Hall–Kier alpha value is -8.35. The molecule has 0 amide bonds. The van der Waals surface area contributed by atoms with E-state index in [-0.39, 0.29) is 56.7 Å². The Labute approximate surface area is 719 Å². The number of hydrogen-bond acceptors (Lipinski definition) is 4. The third-order valence-corrected chi connectivity index (χ3v) is 26.4. The van der Waals surface area contributed by atoms with Gasteiger partial charge >= 0.3 is 0 Å². The molecular formula is C113H150F2N4. The summed E-state index contributed by atoms with van der Waals surface area (Å²) >= 11 is 0. The summed E-state index contributed by atoms with van der Waals surface area (Å²) < 4.78 is 27.1. The Balaban J connectivity index is 0.000000151. The van der Waals surface area contributed by atoms with E-state index in [0.29, 0.717) is 18.8 Å². The maximum Gasteiger partial charge on any atom is 0.248 e. The lowest BCUT2D eigenvalue weighted by Crippen LogP contribution is -2.24. The maximum absolute atomic E-state index is 13.5. The van der Waals surface area contributed by atoms with E-state index in [0.717, 1.165) is 40.4 Å². The Bertz CT molecular complexity index is 5660. The van der Waals surface area contributed by atoms with Gasteiger partial charge in [-0.15, -0.1) is 0 Å². The van der Waals surface area contributed by atoms with Crippen molar-refractivity contribution in [1.29, 1.82) is 0 Å². The van der Waals surface area contributed by atoms with Gasteiger partial charge in [-0.1, -0.05) is 287 Å². The van der Waals surface area contributed by atoms with E-state index in [2.05, 4.69) is 391 Å².